The maximum Gasteiger partial charge on any atom is 0.323 e. The number of carbonyl (C=O) groups excluding carboxylic acids is 1. The van der Waals surface area contributed by atoms with Crippen molar-refractivity contribution < 1.29 is 24.2 Å². The van der Waals surface area contributed by atoms with Gasteiger partial charge in [-0.05, 0) is 37.1 Å². The number of halogens is 1. The fourth-order valence-corrected chi connectivity index (χ4v) is 3.00. The third kappa shape index (κ3) is 5.07. The van der Waals surface area contributed by atoms with Gasteiger partial charge in [-0.1, -0.05) is 15.9 Å². The predicted molar refractivity (Wildman–Crippen MR) is 92.9 cm³/mol. The molecule has 2 rings (SSSR count). The van der Waals surface area contributed by atoms with Crippen molar-refractivity contribution in [2.24, 2.45) is 0 Å². The molecule has 0 spiro atoms. The summed E-state index contributed by atoms with van der Waals surface area (Å²) in [5, 5.41) is 9.09. The third-order valence-corrected chi connectivity index (χ3v) is 4.31. The Morgan fingerprint density at radius 3 is 2.75 bits per heavy atom. The number of methoxy groups -OCH3 is 1. The van der Waals surface area contributed by atoms with Crippen LogP contribution in [0.2, 0.25) is 0 Å². The topological polar surface area (TPSA) is 76.1 Å². The van der Waals surface area contributed by atoms with Crippen molar-refractivity contribution in [3.63, 3.8) is 0 Å². The first-order valence-corrected chi connectivity index (χ1v) is 8.42. The van der Waals surface area contributed by atoms with E-state index in [1.807, 2.05) is 12.1 Å². The Hall–Kier alpha value is -1.86. The van der Waals surface area contributed by atoms with Crippen LogP contribution >= 0.6 is 15.9 Å². The number of benzene rings is 1. The molecule has 0 aliphatic carbocycles. The molecule has 6 nitrogen and oxygen atoms in total. The number of amides is 1. The molecule has 1 saturated heterocycles. The summed E-state index contributed by atoms with van der Waals surface area (Å²) in [7, 11) is 1.56. The minimum atomic E-state index is -1.02. The van der Waals surface area contributed by atoms with Crippen molar-refractivity contribution >= 4 is 33.9 Å². The lowest BCUT2D eigenvalue weighted by atomic mass is 10.1. The van der Waals surface area contributed by atoms with E-state index in [0.717, 1.165) is 10.0 Å². The van der Waals surface area contributed by atoms with Crippen molar-refractivity contribution in [3.8, 4) is 5.75 Å². The van der Waals surface area contributed by atoms with Gasteiger partial charge in [0, 0.05) is 35.4 Å². The van der Waals surface area contributed by atoms with Crippen LogP contribution in [0, 0.1) is 0 Å². The zero-order valence-electron chi connectivity index (χ0n) is 13.4. The number of nitrogens with zero attached hydrogens (tertiary/aromatic N) is 1. The summed E-state index contributed by atoms with van der Waals surface area (Å²) >= 11 is 3.38. The molecule has 130 valence electrons. The van der Waals surface area contributed by atoms with Crippen LogP contribution in [0.15, 0.2) is 28.7 Å². The Bertz CT molecular complexity index is 625. The van der Waals surface area contributed by atoms with Crippen molar-refractivity contribution in [1.82, 2.24) is 4.90 Å². The third-order valence-electron chi connectivity index (χ3n) is 3.82. The molecule has 1 N–H and O–H groups in total. The van der Waals surface area contributed by atoms with Crippen LogP contribution in [-0.2, 0) is 14.3 Å². The maximum absolute atomic E-state index is 12.5. The number of carboxylic acids is 1. The lowest BCUT2D eigenvalue weighted by Gasteiger charge is -2.32. The van der Waals surface area contributed by atoms with E-state index in [0.29, 0.717) is 31.8 Å². The normalized spacial score (nSPS) is 15.4. The van der Waals surface area contributed by atoms with Crippen molar-refractivity contribution in [3.05, 3.63) is 34.3 Å². The fourth-order valence-electron chi connectivity index (χ4n) is 2.62. The number of ether oxygens (including phenoxy) is 2. The van der Waals surface area contributed by atoms with Gasteiger partial charge in [0.15, 0.2) is 0 Å². The summed E-state index contributed by atoms with van der Waals surface area (Å²) in [6.45, 7) is 0.762. The largest absolute Gasteiger partial charge is 0.496 e. The van der Waals surface area contributed by atoms with E-state index < -0.39 is 5.97 Å². The van der Waals surface area contributed by atoms with Crippen LogP contribution in [0.1, 0.15) is 18.4 Å². The standard InChI is InChI=1S/C17H20BrNO5/c1-23-15-4-3-13(18)10-12(15)2-5-16(20)19(11-17(21)22)14-6-8-24-9-7-14/h2-5,10,14H,6-9,11H2,1H3,(H,21,22). The van der Waals surface area contributed by atoms with E-state index in [1.165, 1.54) is 11.0 Å². The summed E-state index contributed by atoms with van der Waals surface area (Å²) < 4.78 is 11.4. The molecular formula is C17H20BrNO5. The van der Waals surface area contributed by atoms with Crippen molar-refractivity contribution in [2.75, 3.05) is 26.9 Å². The van der Waals surface area contributed by atoms with Crippen molar-refractivity contribution in [2.45, 2.75) is 18.9 Å². The molecule has 1 aromatic rings. The lowest BCUT2D eigenvalue weighted by molar-refractivity contribution is -0.145. The second-order valence-electron chi connectivity index (χ2n) is 5.42. The van der Waals surface area contributed by atoms with E-state index in [9.17, 15) is 9.59 Å². The van der Waals surface area contributed by atoms with Gasteiger partial charge in [-0.3, -0.25) is 9.59 Å². The van der Waals surface area contributed by atoms with Crippen LogP contribution in [-0.4, -0.2) is 54.8 Å². The minimum absolute atomic E-state index is 0.114. The second-order valence-corrected chi connectivity index (χ2v) is 6.34. The highest BCUT2D eigenvalue weighted by Crippen LogP contribution is 2.24. The van der Waals surface area contributed by atoms with E-state index in [-0.39, 0.29) is 18.5 Å². The molecular weight excluding hydrogens is 378 g/mol. The molecule has 1 heterocycles. The summed E-state index contributed by atoms with van der Waals surface area (Å²) in [4.78, 5) is 25.0. The molecule has 1 aromatic carbocycles. The number of carbonyl (C=O) groups is 2. The molecule has 7 heteroatoms. The Balaban J connectivity index is 2.17. The molecule has 1 fully saturated rings. The molecule has 0 bridgehead atoms. The predicted octanol–water partition coefficient (Wildman–Crippen LogP) is 2.56. The van der Waals surface area contributed by atoms with Gasteiger partial charge in [-0.25, -0.2) is 0 Å². The zero-order chi connectivity index (χ0) is 17.5. The first kappa shape index (κ1) is 18.5. The van der Waals surface area contributed by atoms with E-state index in [2.05, 4.69) is 15.9 Å². The number of hydrogen-bond donors (Lipinski definition) is 1. The molecule has 0 aromatic heterocycles. The highest BCUT2D eigenvalue weighted by Gasteiger charge is 2.26. The van der Waals surface area contributed by atoms with Gasteiger partial charge in [0.1, 0.15) is 12.3 Å². The van der Waals surface area contributed by atoms with Gasteiger partial charge in [0.05, 0.1) is 7.11 Å². The second kappa shape index (κ2) is 8.84. The number of aliphatic carboxylic acids is 1. The van der Waals surface area contributed by atoms with E-state index >= 15 is 0 Å². The zero-order valence-corrected chi connectivity index (χ0v) is 15.0. The van der Waals surface area contributed by atoms with Crippen LogP contribution in [0.3, 0.4) is 0 Å². The van der Waals surface area contributed by atoms with Crippen LogP contribution in [0.4, 0.5) is 0 Å². The van der Waals surface area contributed by atoms with Gasteiger partial charge >= 0.3 is 5.97 Å². The molecule has 1 aliphatic rings. The molecule has 1 aliphatic heterocycles. The maximum atomic E-state index is 12.5. The van der Waals surface area contributed by atoms with Gasteiger partial charge < -0.3 is 19.5 Å². The highest BCUT2D eigenvalue weighted by atomic mass is 79.9. The van der Waals surface area contributed by atoms with E-state index in [4.69, 9.17) is 14.6 Å². The Morgan fingerprint density at radius 1 is 1.42 bits per heavy atom. The summed E-state index contributed by atoms with van der Waals surface area (Å²) in [5.74, 6) is -0.715. The smallest absolute Gasteiger partial charge is 0.323 e. The molecule has 0 unspecified atom stereocenters. The first-order chi connectivity index (χ1) is 11.5. The minimum Gasteiger partial charge on any atom is -0.496 e. The Morgan fingerprint density at radius 2 is 2.12 bits per heavy atom. The van der Waals surface area contributed by atoms with Gasteiger partial charge in [0.2, 0.25) is 5.91 Å². The fraction of sp³-hybridized carbons (Fsp3) is 0.412. The Kier molecular flexibility index (Phi) is 6.81. The number of hydrogen-bond acceptors (Lipinski definition) is 4. The van der Waals surface area contributed by atoms with Gasteiger partial charge in [-0.2, -0.15) is 0 Å². The summed E-state index contributed by atoms with van der Waals surface area (Å²) in [5.41, 5.74) is 0.738. The summed E-state index contributed by atoms with van der Waals surface area (Å²) in [6.07, 6.45) is 4.32. The number of carboxylic acid groups (broad SMARTS) is 1. The van der Waals surface area contributed by atoms with Gasteiger partial charge in [-0.15, -0.1) is 0 Å². The average Bonchev–Trinajstić information content (AvgIpc) is 2.58. The van der Waals surface area contributed by atoms with Crippen LogP contribution in [0.25, 0.3) is 6.08 Å². The summed E-state index contributed by atoms with van der Waals surface area (Å²) in [6, 6.07) is 5.35. The first-order valence-electron chi connectivity index (χ1n) is 7.63. The molecule has 0 atom stereocenters. The highest BCUT2D eigenvalue weighted by molar-refractivity contribution is 9.10. The van der Waals surface area contributed by atoms with E-state index in [1.54, 1.807) is 19.3 Å². The van der Waals surface area contributed by atoms with Crippen molar-refractivity contribution in [1.29, 1.82) is 0 Å². The quantitative estimate of drug-likeness (QED) is 0.746. The lowest BCUT2D eigenvalue weighted by Crippen LogP contribution is -2.45. The molecule has 0 saturated carbocycles. The molecule has 24 heavy (non-hydrogen) atoms. The van der Waals surface area contributed by atoms with Crippen LogP contribution < -0.4 is 4.74 Å². The van der Waals surface area contributed by atoms with Crippen LogP contribution in [0.5, 0.6) is 5.75 Å². The molecule has 0 radical (unpaired) electrons. The molecule has 1 amide bonds. The van der Waals surface area contributed by atoms with Gasteiger partial charge in [0.25, 0.3) is 0 Å². The Labute approximate surface area is 149 Å². The monoisotopic (exact) mass is 397 g/mol. The SMILES string of the molecule is COc1ccc(Br)cc1C=CC(=O)N(CC(=O)O)C1CCOCC1. The number of rotatable bonds is 6. The average molecular weight is 398 g/mol.